The predicted octanol–water partition coefficient (Wildman–Crippen LogP) is 13.9. The first-order valence-electron chi connectivity index (χ1n) is 11.4. The molecule has 0 radical (unpaired) electrons. The van der Waals surface area contributed by atoms with Crippen molar-refractivity contribution in [3.05, 3.63) is 65.4 Å². The van der Waals surface area contributed by atoms with Gasteiger partial charge in [0.15, 0.2) is 11.2 Å². The van der Waals surface area contributed by atoms with E-state index in [0.29, 0.717) is 0 Å². The van der Waals surface area contributed by atoms with Crippen molar-refractivity contribution in [3.63, 3.8) is 0 Å². The number of hydrogen-bond acceptors (Lipinski definition) is 6. The molecule has 0 unspecified atom stereocenters. The van der Waals surface area contributed by atoms with Crippen LogP contribution in [0, 0.1) is 13.8 Å². The fourth-order valence-electron chi connectivity index (χ4n) is 4.82. The van der Waals surface area contributed by atoms with Crippen LogP contribution >= 0.6 is 109 Å². The molecule has 0 spiro atoms. The number of furan rings is 2. The average molecular weight is 828 g/mol. The molecule has 8 rings (SSSR count). The quantitative estimate of drug-likeness (QED) is 0.174. The Morgan fingerprint density at radius 2 is 0.868 bits per heavy atom. The second-order valence-electron chi connectivity index (χ2n) is 9.16. The van der Waals surface area contributed by atoms with Crippen LogP contribution in [0.4, 0.5) is 0 Å². The lowest BCUT2D eigenvalue weighted by atomic mass is 10.2. The summed E-state index contributed by atoms with van der Waals surface area (Å²) in [6.45, 7) is 4.18. The molecule has 0 amide bonds. The van der Waals surface area contributed by atoms with Crippen molar-refractivity contribution in [2.45, 2.75) is 13.8 Å². The van der Waals surface area contributed by atoms with Crippen LogP contribution in [-0.4, -0.2) is 0 Å². The van der Waals surface area contributed by atoms with Gasteiger partial charge in [-0.3, -0.25) is 0 Å². The van der Waals surface area contributed by atoms with Gasteiger partial charge in [0.2, 0.25) is 0 Å². The Kier molecular flexibility index (Phi) is 5.71. The molecule has 10 heteroatoms. The predicted molar refractivity (Wildman–Crippen MR) is 181 cm³/mol. The zero-order chi connectivity index (χ0) is 26.0. The highest BCUT2D eigenvalue weighted by Gasteiger charge is 2.27. The van der Waals surface area contributed by atoms with E-state index in [1.807, 2.05) is 0 Å². The molecule has 0 fully saturated rings. The maximum absolute atomic E-state index is 6.27. The van der Waals surface area contributed by atoms with Gasteiger partial charge in [-0.05, 0) is 113 Å². The minimum atomic E-state index is 0.918. The molecule has 0 bridgehead atoms. The van der Waals surface area contributed by atoms with Crippen molar-refractivity contribution in [2.24, 2.45) is 0 Å². The normalized spacial score (nSPS) is 12.5. The summed E-state index contributed by atoms with van der Waals surface area (Å²) in [5, 5.41) is 2.32. The fraction of sp³-hybridized carbons (Fsp3) is 0.0714. The monoisotopic (exact) mass is 824 g/mol. The highest BCUT2D eigenvalue weighted by molar-refractivity contribution is 9.11. The Morgan fingerprint density at radius 3 is 1.29 bits per heavy atom. The maximum atomic E-state index is 6.27. The topological polar surface area (TPSA) is 26.3 Å². The molecule has 2 nitrogen and oxygen atoms in total. The average Bonchev–Trinajstić information content (AvgIpc) is 3.69. The Balaban J connectivity index is 1.28. The van der Waals surface area contributed by atoms with Crippen LogP contribution in [0.5, 0.6) is 0 Å². The molecule has 2 aromatic carbocycles. The highest BCUT2D eigenvalue weighted by atomic mass is 79.9. The van der Waals surface area contributed by atoms with Crippen LogP contribution in [0.1, 0.15) is 11.1 Å². The van der Waals surface area contributed by atoms with Crippen molar-refractivity contribution >= 4 is 161 Å². The summed E-state index contributed by atoms with van der Waals surface area (Å²) >= 11 is 22.8. The summed E-state index contributed by atoms with van der Waals surface area (Å²) in [6.07, 6.45) is 0. The lowest BCUT2D eigenvalue weighted by Gasteiger charge is -1.99. The molecule has 188 valence electrons. The Hall–Kier alpha value is -0.980. The molecule has 0 atom stereocenters. The van der Waals surface area contributed by atoms with Gasteiger partial charge in [0.25, 0.3) is 0 Å². The zero-order valence-electron chi connectivity index (χ0n) is 19.4. The Bertz CT molecular complexity index is 2110. The summed E-state index contributed by atoms with van der Waals surface area (Å²) in [6, 6.07) is 12.8. The van der Waals surface area contributed by atoms with Crippen LogP contribution in [0.3, 0.4) is 0 Å². The first kappa shape index (κ1) is 24.8. The van der Waals surface area contributed by atoms with Gasteiger partial charge in [0.1, 0.15) is 11.2 Å². The van der Waals surface area contributed by atoms with Gasteiger partial charge >= 0.3 is 0 Å². The minimum absolute atomic E-state index is 0.918. The third kappa shape index (κ3) is 3.41. The number of benzene rings is 2. The summed E-state index contributed by atoms with van der Waals surface area (Å²) in [5.41, 5.74) is 6.11. The zero-order valence-corrected chi connectivity index (χ0v) is 29.0. The van der Waals surface area contributed by atoms with Crippen molar-refractivity contribution in [1.29, 1.82) is 0 Å². The lowest BCUT2D eigenvalue weighted by Crippen LogP contribution is -1.71. The third-order valence-corrected chi connectivity index (χ3v) is 16.6. The molecule has 0 saturated heterocycles. The molecule has 6 heterocycles. The summed E-state index contributed by atoms with van der Waals surface area (Å²) in [5.74, 6) is 0. The standard InChI is InChI=1S/C28H12Br4O2S4/c1-9-3-5-11-13(7-9)33-19-15(29)23(35-21(11)19)25-17(31)27-28(37-25)18(32)26(38-27)24-16(30)20-22(36-24)12-6-4-10(2)8-14(12)34-20/h3-8H,1-2H3. The number of aryl methyl sites for hydroxylation is 2. The largest absolute Gasteiger partial charge is 0.454 e. The number of rotatable bonds is 2. The van der Waals surface area contributed by atoms with Crippen molar-refractivity contribution in [2.75, 3.05) is 0 Å². The van der Waals surface area contributed by atoms with Crippen molar-refractivity contribution in [3.8, 4) is 19.5 Å². The van der Waals surface area contributed by atoms with Gasteiger partial charge in [-0.25, -0.2) is 0 Å². The van der Waals surface area contributed by atoms with Gasteiger partial charge in [-0.1, -0.05) is 12.1 Å². The van der Waals surface area contributed by atoms with E-state index >= 15 is 0 Å². The number of hydrogen-bond donors (Lipinski definition) is 0. The van der Waals surface area contributed by atoms with Gasteiger partial charge in [0, 0.05) is 10.8 Å². The fourth-order valence-corrected chi connectivity index (χ4v) is 14.1. The molecule has 38 heavy (non-hydrogen) atoms. The van der Waals surface area contributed by atoms with Crippen molar-refractivity contribution in [1.82, 2.24) is 0 Å². The smallest absolute Gasteiger partial charge is 0.161 e. The molecule has 8 aromatic rings. The minimum Gasteiger partial charge on any atom is -0.454 e. The molecule has 0 aliphatic carbocycles. The van der Waals surface area contributed by atoms with Gasteiger partial charge < -0.3 is 8.83 Å². The molecular weight excluding hydrogens is 816 g/mol. The van der Waals surface area contributed by atoms with E-state index in [1.54, 1.807) is 45.3 Å². The molecule has 6 aromatic heterocycles. The SMILES string of the molecule is Cc1ccc2c(c1)oc1c(Br)c(-c3sc4c(Br)c(-c5sc6c(oc7cc(C)ccc76)c5Br)sc4c3Br)sc12. The van der Waals surface area contributed by atoms with E-state index < -0.39 is 0 Å². The molecule has 0 aliphatic rings. The van der Waals surface area contributed by atoms with Crippen LogP contribution in [0.25, 0.3) is 71.4 Å². The van der Waals surface area contributed by atoms with E-state index in [1.165, 1.54) is 49.4 Å². The first-order chi connectivity index (χ1) is 18.3. The van der Waals surface area contributed by atoms with Gasteiger partial charge in [-0.2, -0.15) is 0 Å². The second kappa shape index (κ2) is 8.76. The summed E-state index contributed by atoms with van der Waals surface area (Å²) in [4.78, 5) is 4.79. The molecule has 0 aliphatic heterocycles. The van der Waals surface area contributed by atoms with E-state index in [2.05, 4.69) is 114 Å². The van der Waals surface area contributed by atoms with Gasteiger partial charge in [0.05, 0.1) is 56.2 Å². The number of halogens is 4. The number of thiophene rings is 4. The van der Waals surface area contributed by atoms with Gasteiger partial charge in [-0.15, -0.1) is 45.3 Å². The highest BCUT2D eigenvalue weighted by Crippen LogP contribution is 2.58. The van der Waals surface area contributed by atoms with E-state index in [0.717, 1.165) is 51.0 Å². The maximum Gasteiger partial charge on any atom is 0.161 e. The van der Waals surface area contributed by atoms with Crippen LogP contribution in [0.2, 0.25) is 0 Å². The Labute approximate surface area is 265 Å². The molecule has 0 saturated carbocycles. The number of fused-ring (bicyclic) bond motifs is 7. The molecule has 0 N–H and O–H groups in total. The van der Waals surface area contributed by atoms with Crippen LogP contribution < -0.4 is 0 Å². The summed E-state index contributed by atoms with van der Waals surface area (Å²) < 4.78 is 21.6. The molecular formula is C28H12Br4O2S4. The van der Waals surface area contributed by atoms with Crippen molar-refractivity contribution < 1.29 is 8.83 Å². The van der Waals surface area contributed by atoms with E-state index in [4.69, 9.17) is 8.83 Å². The lowest BCUT2D eigenvalue weighted by molar-refractivity contribution is 0.667. The van der Waals surface area contributed by atoms with E-state index in [-0.39, 0.29) is 0 Å². The summed E-state index contributed by atoms with van der Waals surface area (Å²) in [7, 11) is 0. The third-order valence-electron chi connectivity index (χ3n) is 6.63. The van der Waals surface area contributed by atoms with E-state index in [9.17, 15) is 0 Å². The Morgan fingerprint density at radius 1 is 0.500 bits per heavy atom. The van der Waals surface area contributed by atoms with Crippen LogP contribution in [-0.2, 0) is 0 Å². The van der Waals surface area contributed by atoms with Crippen LogP contribution in [0.15, 0.2) is 63.1 Å². The second-order valence-corrected chi connectivity index (χ2v) is 16.4. The first-order valence-corrected chi connectivity index (χ1v) is 17.9.